The van der Waals surface area contributed by atoms with Crippen molar-refractivity contribution in [1.29, 1.82) is 0 Å². The maximum Gasteiger partial charge on any atom is 0.174 e. The first kappa shape index (κ1) is 18.9. The van der Waals surface area contributed by atoms with Crippen LogP contribution in [0.5, 0.6) is 0 Å². The molecule has 0 spiro atoms. The van der Waals surface area contributed by atoms with Crippen LogP contribution in [0.25, 0.3) is 0 Å². The highest BCUT2D eigenvalue weighted by Crippen LogP contribution is 2.69. The van der Waals surface area contributed by atoms with Gasteiger partial charge in [-0.25, -0.2) is 0 Å². The molecule has 6 atom stereocenters. The van der Waals surface area contributed by atoms with Crippen molar-refractivity contribution in [3.63, 3.8) is 0 Å². The van der Waals surface area contributed by atoms with Crippen LogP contribution < -0.4 is 0 Å². The first-order chi connectivity index (χ1) is 12.2. The fraction of sp³-hybridized carbons (Fsp3) is 0.727. The number of Topliss-reactive ketones (excluding diaryl/α,β-unsaturated/α-hetero) is 1. The van der Waals surface area contributed by atoms with Crippen LogP contribution >= 0.6 is 22.6 Å². The molecule has 4 rings (SSSR count). The Hall–Kier alpha value is -0.490. The maximum atomic E-state index is 12.8. The summed E-state index contributed by atoms with van der Waals surface area (Å²) in [5.74, 6) is 1.56. The standard InChI is InChI=1S/C22H29IO3/c1-13-10-18-16-5-4-14-11-15(25)6-8-20(14,2)17(16)7-9-21(18,3)22(13,23)19(26)12-24/h7,11,13,16,18,24H,4-6,8-10,12H2,1-3H3/t13-,16?,18?,20-,21-,22-/m0/s1. The summed E-state index contributed by atoms with van der Waals surface area (Å²) < 4.78 is -0.480. The molecule has 0 bridgehead atoms. The third-order valence-corrected chi connectivity index (χ3v) is 11.3. The van der Waals surface area contributed by atoms with Crippen LogP contribution in [-0.2, 0) is 9.59 Å². The van der Waals surface area contributed by atoms with Gasteiger partial charge in [-0.1, -0.05) is 60.6 Å². The van der Waals surface area contributed by atoms with E-state index in [0.29, 0.717) is 18.3 Å². The molecule has 0 amide bonds. The molecule has 26 heavy (non-hydrogen) atoms. The fourth-order valence-electron chi connectivity index (χ4n) is 6.88. The number of aliphatic hydroxyl groups is 1. The van der Waals surface area contributed by atoms with Gasteiger partial charge in [0.15, 0.2) is 11.6 Å². The molecule has 142 valence electrons. The number of ketones is 2. The Kier molecular flexibility index (Phi) is 4.35. The van der Waals surface area contributed by atoms with E-state index in [0.717, 1.165) is 32.1 Å². The smallest absolute Gasteiger partial charge is 0.174 e. The molecule has 2 fully saturated rings. The van der Waals surface area contributed by atoms with E-state index in [1.165, 1.54) is 11.1 Å². The number of hydrogen-bond donors (Lipinski definition) is 1. The Morgan fingerprint density at radius 1 is 1.35 bits per heavy atom. The molecular formula is C22H29IO3. The first-order valence-corrected chi connectivity index (χ1v) is 11.0. The Balaban J connectivity index is 1.78. The number of allylic oxidation sites excluding steroid dienone is 4. The minimum absolute atomic E-state index is 0.00156. The van der Waals surface area contributed by atoms with Gasteiger partial charge >= 0.3 is 0 Å². The Bertz CT molecular complexity index is 738. The number of hydrogen-bond acceptors (Lipinski definition) is 3. The minimum Gasteiger partial charge on any atom is -0.389 e. The van der Waals surface area contributed by atoms with Gasteiger partial charge in [-0.05, 0) is 61.3 Å². The van der Waals surface area contributed by atoms with Crippen LogP contribution in [0.2, 0.25) is 0 Å². The maximum absolute atomic E-state index is 12.8. The minimum atomic E-state index is -0.480. The lowest BCUT2D eigenvalue weighted by Gasteiger charge is -2.54. The SMILES string of the molecule is C[C@H]1CC2C3CCC4=CC(=O)CC[C@]4(C)C3=CC[C@]2(C)[C@@]1(I)C(=O)CO. The first-order valence-electron chi connectivity index (χ1n) is 9.96. The van der Waals surface area contributed by atoms with E-state index in [4.69, 9.17) is 0 Å². The molecule has 1 N–H and O–H groups in total. The monoisotopic (exact) mass is 468 g/mol. The van der Waals surface area contributed by atoms with Crippen LogP contribution in [-0.4, -0.2) is 26.7 Å². The lowest BCUT2D eigenvalue weighted by atomic mass is 9.51. The van der Waals surface area contributed by atoms with Gasteiger partial charge < -0.3 is 5.11 Å². The highest BCUT2D eigenvalue weighted by molar-refractivity contribution is 14.1. The van der Waals surface area contributed by atoms with E-state index in [-0.39, 0.29) is 34.9 Å². The molecule has 0 aromatic carbocycles. The zero-order chi connectivity index (χ0) is 18.9. The Labute approximate surface area is 169 Å². The second-order valence-electron chi connectivity index (χ2n) is 9.43. The second kappa shape index (κ2) is 6.00. The van der Waals surface area contributed by atoms with E-state index in [9.17, 15) is 14.7 Å². The molecule has 0 saturated heterocycles. The third kappa shape index (κ3) is 2.20. The summed E-state index contributed by atoms with van der Waals surface area (Å²) in [6, 6.07) is 0. The molecule has 0 radical (unpaired) electrons. The summed E-state index contributed by atoms with van der Waals surface area (Å²) >= 11 is 2.38. The van der Waals surface area contributed by atoms with Crippen LogP contribution in [0.15, 0.2) is 23.3 Å². The van der Waals surface area contributed by atoms with E-state index in [1.54, 1.807) is 0 Å². The molecule has 4 aliphatic carbocycles. The lowest BCUT2D eigenvalue weighted by molar-refractivity contribution is -0.127. The molecule has 3 nitrogen and oxygen atoms in total. The summed E-state index contributed by atoms with van der Waals surface area (Å²) in [6.45, 7) is 6.45. The molecule has 4 heteroatoms. The van der Waals surface area contributed by atoms with Gasteiger partial charge in [0.2, 0.25) is 0 Å². The zero-order valence-electron chi connectivity index (χ0n) is 16.0. The molecular weight excluding hydrogens is 439 g/mol. The summed E-state index contributed by atoms with van der Waals surface area (Å²) in [6.07, 6.45) is 9.98. The molecule has 2 saturated carbocycles. The second-order valence-corrected chi connectivity index (χ2v) is 11.1. The van der Waals surface area contributed by atoms with Gasteiger partial charge in [0.1, 0.15) is 6.61 Å². The number of aliphatic hydroxyl groups excluding tert-OH is 1. The van der Waals surface area contributed by atoms with E-state index in [1.807, 2.05) is 6.08 Å². The largest absolute Gasteiger partial charge is 0.389 e. The van der Waals surface area contributed by atoms with Crippen LogP contribution in [0.3, 0.4) is 0 Å². The summed E-state index contributed by atoms with van der Waals surface area (Å²) in [5.41, 5.74) is 2.81. The van der Waals surface area contributed by atoms with Crippen molar-refractivity contribution in [2.45, 2.75) is 62.7 Å². The van der Waals surface area contributed by atoms with Crippen molar-refractivity contribution >= 4 is 34.2 Å². The quantitative estimate of drug-likeness (QED) is 0.371. The fourth-order valence-corrected chi connectivity index (χ4v) is 7.93. The summed E-state index contributed by atoms with van der Waals surface area (Å²) in [4.78, 5) is 24.7. The molecule has 2 unspecified atom stereocenters. The number of halogens is 1. The van der Waals surface area contributed by atoms with Gasteiger partial charge in [0, 0.05) is 11.8 Å². The zero-order valence-corrected chi connectivity index (χ0v) is 18.1. The number of carbonyl (C=O) groups is 2. The highest BCUT2D eigenvalue weighted by Gasteiger charge is 2.66. The molecule has 0 heterocycles. The third-order valence-electron chi connectivity index (χ3n) is 8.39. The Morgan fingerprint density at radius 3 is 2.77 bits per heavy atom. The van der Waals surface area contributed by atoms with E-state index in [2.05, 4.69) is 49.4 Å². The summed E-state index contributed by atoms with van der Waals surface area (Å²) in [5, 5.41) is 9.63. The van der Waals surface area contributed by atoms with Gasteiger partial charge in [0.05, 0.1) is 3.42 Å². The lowest BCUT2D eigenvalue weighted by Crippen LogP contribution is -2.53. The average Bonchev–Trinajstić information content (AvgIpc) is 2.83. The van der Waals surface area contributed by atoms with Gasteiger partial charge in [-0.2, -0.15) is 0 Å². The normalized spacial score (nSPS) is 47.4. The average molecular weight is 468 g/mol. The van der Waals surface area contributed by atoms with Crippen molar-refractivity contribution in [1.82, 2.24) is 0 Å². The van der Waals surface area contributed by atoms with Crippen LogP contribution in [0, 0.1) is 28.6 Å². The molecule has 0 aromatic rings. The van der Waals surface area contributed by atoms with Crippen molar-refractivity contribution in [3.8, 4) is 0 Å². The van der Waals surface area contributed by atoms with Crippen molar-refractivity contribution in [3.05, 3.63) is 23.3 Å². The van der Waals surface area contributed by atoms with Crippen LogP contribution in [0.1, 0.15) is 59.3 Å². The molecule has 4 aliphatic rings. The van der Waals surface area contributed by atoms with E-state index >= 15 is 0 Å². The Morgan fingerprint density at radius 2 is 2.08 bits per heavy atom. The predicted octanol–water partition coefficient (Wildman–Crippen LogP) is 4.42. The van der Waals surface area contributed by atoms with Crippen LogP contribution in [0.4, 0.5) is 0 Å². The highest BCUT2D eigenvalue weighted by atomic mass is 127. The van der Waals surface area contributed by atoms with Crippen molar-refractivity contribution < 1.29 is 14.7 Å². The van der Waals surface area contributed by atoms with Crippen molar-refractivity contribution in [2.24, 2.45) is 28.6 Å². The molecule has 0 aromatic heterocycles. The predicted molar refractivity (Wildman–Crippen MR) is 110 cm³/mol. The van der Waals surface area contributed by atoms with Crippen molar-refractivity contribution in [2.75, 3.05) is 6.61 Å². The number of rotatable bonds is 2. The topological polar surface area (TPSA) is 54.4 Å². The van der Waals surface area contributed by atoms with Gasteiger partial charge in [0.25, 0.3) is 0 Å². The van der Waals surface area contributed by atoms with Gasteiger partial charge in [-0.15, -0.1) is 0 Å². The molecule has 0 aliphatic heterocycles. The van der Waals surface area contributed by atoms with E-state index < -0.39 is 3.42 Å². The number of fused-ring (bicyclic) bond motifs is 5. The summed E-state index contributed by atoms with van der Waals surface area (Å²) in [7, 11) is 0. The van der Waals surface area contributed by atoms with Gasteiger partial charge in [-0.3, -0.25) is 9.59 Å². The number of alkyl halides is 1. The number of carbonyl (C=O) groups excluding carboxylic acids is 2.